The second-order valence-electron chi connectivity index (χ2n) is 4.28. The van der Waals surface area contributed by atoms with Gasteiger partial charge in [-0.15, -0.1) is 0 Å². The monoisotopic (exact) mass is 244 g/mol. The minimum Gasteiger partial charge on any atom is -0.382 e. The molecule has 3 aromatic rings. The standard InChI is InChI=1S/C13H13FN4/c1-3-11-16-7(2)12-13(15)17-9-5-4-8(14)6-10(9)18(11)12/h4-6H,3H2,1-2H3,(H2,15,17). The van der Waals surface area contributed by atoms with Crippen molar-refractivity contribution < 1.29 is 4.39 Å². The molecule has 0 bridgehead atoms. The zero-order valence-corrected chi connectivity index (χ0v) is 10.2. The molecule has 18 heavy (non-hydrogen) atoms. The van der Waals surface area contributed by atoms with Gasteiger partial charge in [0.05, 0.1) is 16.7 Å². The molecule has 0 amide bonds. The van der Waals surface area contributed by atoms with Gasteiger partial charge in [-0.1, -0.05) is 6.92 Å². The van der Waals surface area contributed by atoms with Crippen molar-refractivity contribution in [1.29, 1.82) is 0 Å². The van der Waals surface area contributed by atoms with E-state index in [-0.39, 0.29) is 5.82 Å². The van der Waals surface area contributed by atoms with Gasteiger partial charge in [0.25, 0.3) is 0 Å². The molecular weight excluding hydrogens is 231 g/mol. The van der Waals surface area contributed by atoms with Crippen molar-refractivity contribution >= 4 is 22.4 Å². The lowest BCUT2D eigenvalue weighted by Gasteiger charge is -2.07. The Morgan fingerprint density at radius 2 is 2.11 bits per heavy atom. The minimum atomic E-state index is -0.288. The second kappa shape index (κ2) is 3.66. The van der Waals surface area contributed by atoms with Gasteiger partial charge in [-0.2, -0.15) is 0 Å². The van der Waals surface area contributed by atoms with Crippen LogP contribution in [0.3, 0.4) is 0 Å². The van der Waals surface area contributed by atoms with Gasteiger partial charge in [0, 0.05) is 12.5 Å². The quantitative estimate of drug-likeness (QED) is 0.715. The molecule has 0 spiro atoms. The van der Waals surface area contributed by atoms with E-state index >= 15 is 0 Å². The van der Waals surface area contributed by atoms with Crippen LogP contribution < -0.4 is 5.73 Å². The number of nitrogens with zero attached hydrogens (tertiary/aromatic N) is 3. The molecule has 0 atom stereocenters. The predicted molar refractivity (Wildman–Crippen MR) is 69.0 cm³/mol. The van der Waals surface area contributed by atoms with Crippen molar-refractivity contribution in [3.8, 4) is 0 Å². The van der Waals surface area contributed by atoms with Crippen molar-refractivity contribution in [2.24, 2.45) is 0 Å². The first kappa shape index (κ1) is 11.0. The maximum atomic E-state index is 13.4. The van der Waals surface area contributed by atoms with Crippen LogP contribution in [0.4, 0.5) is 10.2 Å². The molecule has 2 N–H and O–H groups in total. The van der Waals surface area contributed by atoms with Crippen LogP contribution >= 0.6 is 0 Å². The molecule has 2 heterocycles. The Balaban J connectivity index is 2.61. The van der Waals surface area contributed by atoms with Crippen molar-refractivity contribution in [2.45, 2.75) is 20.3 Å². The van der Waals surface area contributed by atoms with Gasteiger partial charge in [-0.3, -0.25) is 4.40 Å². The summed E-state index contributed by atoms with van der Waals surface area (Å²) in [5.74, 6) is 1.01. The van der Waals surface area contributed by atoms with E-state index in [4.69, 9.17) is 5.73 Å². The summed E-state index contributed by atoms with van der Waals surface area (Å²) < 4.78 is 15.3. The average molecular weight is 244 g/mol. The molecular formula is C13H13FN4. The summed E-state index contributed by atoms with van der Waals surface area (Å²) >= 11 is 0. The summed E-state index contributed by atoms with van der Waals surface area (Å²) in [5, 5.41) is 0. The number of nitrogens with two attached hydrogens (primary N) is 1. The molecule has 0 saturated carbocycles. The fourth-order valence-electron chi connectivity index (χ4n) is 2.34. The van der Waals surface area contributed by atoms with Crippen LogP contribution in [0.2, 0.25) is 0 Å². The summed E-state index contributed by atoms with van der Waals surface area (Å²) in [5.41, 5.74) is 8.93. The largest absolute Gasteiger partial charge is 0.382 e. The summed E-state index contributed by atoms with van der Waals surface area (Å²) in [4.78, 5) is 8.77. The molecule has 0 unspecified atom stereocenters. The third-order valence-corrected chi connectivity index (χ3v) is 3.10. The van der Waals surface area contributed by atoms with Gasteiger partial charge < -0.3 is 5.73 Å². The lowest BCUT2D eigenvalue weighted by atomic mass is 10.2. The molecule has 92 valence electrons. The van der Waals surface area contributed by atoms with Crippen molar-refractivity contribution in [3.63, 3.8) is 0 Å². The number of aryl methyl sites for hydroxylation is 2. The van der Waals surface area contributed by atoms with Crippen molar-refractivity contribution in [1.82, 2.24) is 14.4 Å². The lowest BCUT2D eigenvalue weighted by Crippen LogP contribution is -2.01. The Bertz CT molecular complexity index is 761. The summed E-state index contributed by atoms with van der Waals surface area (Å²) in [6, 6.07) is 4.49. The third kappa shape index (κ3) is 1.37. The van der Waals surface area contributed by atoms with Crippen LogP contribution in [0, 0.1) is 12.7 Å². The van der Waals surface area contributed by atoms with E-state index in [9.17, 15) is 4.39 Å². The molecule has 3 rings (SSSR count). The molecule has 1 aromatic carbocycles. The Morgan fingerprint density at radius 3 is 2.83 bits per heavy atom. The van der Waals surface area contributed by atoms with Crippen LogP contribution in [-0.4, -0.2) is 14.4 Å². The van der Waals surface area contributed by atoms with Gasteiger partial charge >= 0.3 is 0 Å². The number of anilines is 1. The molecule has 0 fully saturated rings. The first-order valence-electron chi connectivity index (χ1n) is 5.84. The maximum Gasteiger partial charge on any atom is 0.150 e. The third-order valence-electron chi connectivity index (χ3n) is 3.10. The van der Waals surface area contributed by atoms with Gasteiger partial charge in [0.15, 0.2) is 0 Å². The van der Waals surface area contributed by atoms with Crippen molar-refractivity contribution in [2.75, 3.05) is 5.73 Å². The molecule has 0 radical (unpaired) electrons. The van der Waals surface area contributed by atoms with Crippen LogP contribution in [0.15, 0.2) is 18.2 Å². The normalized spacial score (nSPS) is 11.5. The van der Waals surface area contributed by atoms with Crippen LogP contribution in [0.25, 0.3) is 16.6 Å². The van der Waals surface area contributed by atoms with E-state index in [1.807, 2.05) is 18.2 Å². The number of hydrogen-bond acceptors (Lipinski definition) is 3. The highest BCUT2D eigenvalue weighted by molar-refractivity contribution is 5.85. The number of benzene rings is 1. The van der Waals surface area contributed by atoms with Crippen molar-refractivity contribution in [3.05, 3.63) is 35.5 Å². The van der Waals surface area contributed by atoms with E-state index in [1.54, 1.807) is 6.07 Å². The first-order chi connectivity index (χ1) is 8.61. The molecule has 0 saturated heterocycles. The highest BCUT2D eigenvalue weighted by atomic mass is 19.1. The Kier molecular flexibility index (Phi) is 2.23. The van der Waals surface area contributed by atoms with Gasteiger partial charge in [0.2, 0.25) is 0 Å². The smallest absolute Gasteiger partial charge is 0.150 e. The fourth-order valence-corrected chi connectivity index (χ4v) is 2.34. The Morgan fingerprint density at radius 1 is 1.33 bits per heavy atom. The molecule has 0 aliphatic carbocycles. The van der Waals surface area contributed by atoms with E-state index < -0.39 is 0 Å². The Labute approximate surface area is 103 Å². The number of imidazole rings is 1. The van der Waals surface area contributed by atoms with Crippen LogP contribution in [0.5, 0.6) is 0 Å². The van der Waals surface area contributed by atoms with Crippen LogP contribution in [0.1, 0.15) is 18.4 Å². The highest BCUT2D eigenvalue weighted by Crippen LogP contribution is 2.25. The number of rotatable bonds is 1. The molecule has 0 aliphatic heterocycles. The highest BCUT2D eigenvalue weighted by Gasteiger charge is 2.14. The number of hydrogen-bond donors (Lipinski definition) is 1. The number of aromatic nitrogens is 3. The topological polar surface area (TPSA) is 56.2 Å². The minimum absolute atomic E-state index is 0.288. The summed E-state index contributed by atoms with van der Waals surface area (Å²) in [7, 11) is 0. The fraction of sp³-hybridized carbons (Fsp3) is 0.231. The zero-order chi connectivity index (χ0) is 12.9. The number of halogens is 1. The lowest BCUT2D eigenvalue weighted by molar-refractivity contribution is 0.629. The molecule has 4 nitrogen and oxygen atoms in total. The molecule has 2 aromatic heterocycles. The summed E-state index contributed by atoms with van der Waals surface area (Å²) in [6.45, 7) is 3.90. The van der Waals surface area contributed by atoms with E-state index in [1.165, 1.54) is 12.1 Å². The van der Waals surface area contributed by atoms with Gasteiger partial charge in [-0.25, -0.2) is 14.4 Å². The van der Waals surface area contributed by atoms with Crippen LogP contribution in [-0.2, 0) is 6.42 Å². The maximum absolute atomic E-state index is 13.4. The SMILES string of the molecule is CCc1nc(C)c2c(N)nc3ccc(F)cc3n12. The van der Waals surface area contributed by atoms with Gasteiger partial charge in [-0.05, 0) is 19.1 Å². The molecule has 5 heteroatoms. The number of nitrogen functional groups attached to an aromatic ring is 1. The van der Waals surface area contributed by atoms with E-state index in [0.717, 1.165) is 23.5 Å². The van der Waals surface area contributed by atoms with E-state index in [0.29, 0.717) is 16.9 Å². The molecule has 0 aliphatic rings. The Hall–Kier alpha value is -2.17. The van der Waals surface area contributed by atoms with Gasteiger partial charge in [0.1, 0.15) is 23.0 Å². The number of fused-ring (bicyclic) bond motifs is 3. The summed E-state index contributed by atoms with van der Waals surface area (Å²) in [6.07, 6.45) is 0.754. The second-order valence-corrected chi connectivity index (χ2v) is 4.28. The zero-order valence-electron chi connectivity index (χ0n) is 10.2. The van der Waals surface area contributed by atoms with E-state index in [2.05, 4.69) is 9.97 Å². The first-order valence-corrected chi connectivity index (χ1v) is 5.84. The predicted octanol–water partition coefficient (Wildman–Crippen LogP) is 2.47. The average Bonchev–Trinajstić information content (AvgIpc) is 2.68.